The van der Waals surface area contributed by atoms with Gasteiger partial charge in [0.1, 0.15) is 41.4 Å². The first-order valence-corrected chi connectivity index (χ1v) is 38.0. The van der Waals surface area contributed by atoms with E-state index in [0.29, 0.717) is 84.2 Å². The van der Waals surface area contributed by atoms with Crippen LogP contribution >= 0.6 is 28.1 Å². The summed E-state index contributed by atoms with van der Waals surface area (Å²) in [5, 5.41) is 29.6. The number of terminal acetylenes is 1. The zero-order valence-corrected chi connectivity index (χ0v) is 63.3. The molecule has 542 valence electrons. The number of aliphatic hydroxyl groups is 2. The van der Waals surface area contributed by atoms with E-state index < -0.39 is 0 Å². The number of H-pyrrole nitrogens is 1. The lowest BCUT2D eigenvalue weighted by atomic mass is 9.46. The lowest BCUT2D eigenvalue weighted by molar-refractivity contribution is -0.132. The molecule has 1 amide bonds. The van der Waals surface area contributed by atoms with Crippen molar-refractivity contribution < 1.29 is 29.4 Å². The van der Waals surface area contributed by atoms with Crippen molar-refractivity contribution in [3.63, 3.8) is 0 Å². The van der Waals surface area contributed by atoms with E-state index in [-0.39, 0.29) is 54.1 Å². The molecule has 8 atom stereocenters. The SMILES string of the molecule is C#CCC(=O)N1CCC(C)C(N(C)c2ncnc3[nH]ccc23)C1.CC(C)N(CCC(=O)c1ccc2ccccc2c1)Cc1ccccc1.CC12CCC(=O)C=C1CCC1C2CCC2(C)C(C(=O)Cn3cnc4c3NCCC4=S)CCC12.Cc1ccc(Nc2ncnc3cc(CO)c(CO)cc23)cc1Br. The molecule has 4 fully saturated rings. The average molecular weight is 1480 g/mol. The van der Waals surface area contributed by atoms with Gasteiger partial charge in [-0.2, -0.15) is 0 Å². The molecule has 9 aromatic rings. The summed E-state index contributed by atoms with van der Waals surface area (Å²) in [6.07, 6.45) is 25.0. The molecule has 20 heteroatoms. The van der Waals surface area contributed by atoms with Crippen LogP contribution in [-0.4, -0.2) is 128 Å². The van der Waals surface area contributed by atoms with Crippen molar-refractivity contribution in [1.82, 2.24) is 44.3 Å². The summed E-state index contributed by atoms with van der Waals surface area (Å²) in [7, 11) is 2.03. The van der Waals surface area contributed by atoms with Crippen LogP contribution in [0.1, 0.15) is 150 Å². The number of rotatable bonds is 17. The van der Waals surface area contributed by atoms with Crippen molar-refractivity contribution >= 4 is 112 Å². The number of amides is 1. The summed E-state index contributed by atoms with van der Waals surface area (Å²) in [5.74, 6) is 8.44. The monoisotopic (exact) mass is 1480 g/mol. The van der Waals surface area contributed by atoms with E-state index in [4.69, 9.17) is 18.6 Å². The van der Waals surface area contributed by atoms with E-state index in [1.807, 2.05) is 102 Å². The van der Waals surface area contributed by atoms with Gasteiger partial charge >= 0.3 is 0 Å². The number of aromatic amines is 1. The molecule has 0 radical (unpaired) electrons. The van der Waals surface area contributed by atoms with Gasteiger partial charge in [-0.25, -0.2) is 24.9 Å². The van der Waals surface area contributed by atoms with E-state index in [9.17, 15) is 29.4 Å². The molecular weight excluding hydrogens is 1380 g/mol. The maximum absolute atomic E-state index is 13.7. The number of nitrogens with one attached hydrogen (secondary N) is 3. The fourth-order valence-corrected chi connectivity index (χ4v) is 18.1. The van der Waals surface area contributed by atoms with Gasteiger partial charge in [-0.3, -0.25) is 24.1 Å². The molecule has 1 saturated heterocycles. The van der Waals surface area contributed by atoms with E-state index in [1.165, 1.54) is 42.1 Å². The maximum atomic E-state index is 13.7. The zero-order valence-electron chi connectivity index (χ0n) is 60.9. The molecule has 6 aliphatic rings. The standard InChI is InChI=1S/C27H35N3O2S.C23H25NO.C17H16BrN3O2.C17H21N5O/c1-26-10-7-17(31)13-16(26)3-4-18-19-5-6-21(27(19,2)11-8-20(18)26)22(32)14-30-15-29-24-23(33)9-12-28-25(24)30;1-18(2)24(17-19-8-4-3-5-9-19)15-14-23(25)22-13-12-20-10-6-7-11-21(20)16-22;1-10-2-3-13(6-15(10)18)21-17-14-4-11(7-22)12(8-23)5-16(14)19-9-20-17;1-4-5-15(23)22-9-7-12(2)14(10-22)21(3)17-13-6-8-18-16(13)19-11-20-17/h13,15,18-21,28H,3-12,14H2,1-2H3;3-13,16,18H,14-15,17H2,1-2H3;2-6,9,22-23H,7-8H2,1H3,(H,19,20,21);1,6,8,11-12,14H,5,7,9-10H2,2-3H3,(H,18,19,20). The first-order valence-electron chi connectivity index (χ1n) is 36.8. The summed E-state index contributed by atoms with van der Waals surface area (Å²) >= 11 is 8.99. The van der Waals surface area contributed by atoms with E-state index >= 15 is 0 Å². The van der Waals surface area contributed by atoms with Crippen molar-refractivity contribution in [2.45, 2.75) is 157 Å². The molecule has 104 heavy (non-hydrogen) atoms. The minimum absolute atomic E-state index is 0.0345. The van der Waals surface area contributed by atoms with Gasteiger partial charge in [0.25, 0.3) is 0 Å². The number of aromatic nitrogens is 7. The van der Waals surface area contributed by atoms with Crippen LogP contribution in [0.2, 0.25) is 0 Å². The van der Waals surface area contributed by atoms with Crippen LogP contribution in [0.5, 0.6) is 0 Å². The first kappa shape index (κ1) is 74.9. The Balaban J connectivity index is 0.000000132. The van der Waals surface area contributed by atoms with Crippen LogP contribution < -0.4 is 15.5 Å². The number of likely N-dealkylation sites (tertiary alicyclic amines) is 1. The molecule has 8 unspecified atom stereocenters. The third-order valence-corrected chi connectivity index (χ3v) is 24.8. The number of benzene rings is 5. The highest BCUT2D eigenvalue weighted by Crippen LogP contribution is 2.67. The number of anilines is 4. The lowest BCUT2D eigenvalue weighted by Gasteiger charge is -2.58. The van der Waals surface area contributed by atoms with Crippen molar-refractivity contribution in [2.24, 2.45) is 40.4 Å². The first-order chi connectivity index (χ1) is 50.2. The third kappa shape index (κ3) is 16.3. The molecule has 5 aromatic carbocycles. The van der Waals surface area contributed by atoms with Gasteiger partial charge in [-0.15, -0.1) is 6.42 Å². The molecule has 0 bridgehead atoms. The van der Waals surface area contributed by atoms with Crippen LogP contribution in [0.25, 0.3) is 32.7 Å². The van der Waals surface area contributed by atoms with Crippen LogP contribution in [0, 0.1) is 59.7 Å². The molecule has 5 N–H and O–H groups in total. The second-order valence-corrected chi connectivity index (χ2v) is 31.3. The van der Waals surface area contributed by atoms with Gasteiger partial charge in [0.15, 0.2) is 17.3 Å². The van der Waals surface area contributed by atoms with Crippen LogP contribution in [-0.2, 0) is 40.7 Å². The molecule has 2 aliphatic heterocycles. The Morgan fingerprint density at radius 1 is 0.837 bits per heavy atom. The summed E-state index contributed by atoms with van der Waals surface area (Å²) < 4.78 is 3.00. The second kappa shape index (κ2) is 33.1. The predicted molar refractivity (Wildman–Crippen MR) is 421 cm³/mol. The number of carbonyl (C=O) groups is 4. The number of hydrogen-bond donors (Lipinski definition) is 5. The summed E-state index contributed by atoms with van der Waals surface area (Å²) in [6, 6.07) is 36.7. The Morgan fingerprint density at radius 3 is 2.38 bits per heavy atom. The minimum atomic E-state index is -0.143. The largest absolute Gasteiger partial charge is 0.392 e. The maximum Gasteiger partial charge on any atom is 0.234 e. The highest BCUT2D eigenvalue weighted by Gasteiger charge is 2.60. The van der Waals surface area contributed by atoms with Crippen LogP contribution in [0.4, 0.5) is 23.1 Å². The number of thiocarbonyl (C=S) groups is 1. The number of aliphatic hydroxyl groups excluding tert-OH is 2. The van der Waals surface area contributed by atoms with Crippen molar-refractivity contribution in [1.29, 1.82) is 0 Å². The van der Waals surface area contributed by atoms with Gasteiger partial charge in [0.05, 0.1) is 49.5 Å². The summed E-state index contributed by atoms with van der Waals surface area (Å²) in [4.78, 5) is 82.6. The van der Waals surface area contributed by atoms with Gasteiger partial charge in [0.2, 0.25) is 5.91 Å². The van der Waals surface area contributed by atoms with Crippen molar-refractivity contribution in [3.05, 3.63) is 184 Å². The number of imidazole rings is 1. The molecule has 3 saturated carbocycles. The highest BCUT2D eigenvalue weighted by atomic mass is 79.9. The number of hydrogen-bond acceptors (Lipinski definition) is 16. The van der Waals surface area contributed by atoms with Gasteiger partial charge in [-0.05, 0) is 182 Å². The molecule has 15 rings (SSSR count). The number of piperidine rings is 1. The molecular formula is C84H97BrN12O6S. The molecule has 6 heterocycles. The Morgan fingerprint density at radius 2 is 1.61 bits per heavy atom. The quantitative estimate of drug-likeness (QED) is 0.0324. The normalized spacial score (nSPS) is 22.4. The number of aryl methyl sites for hydroxylation is 1. The highest BCUT2D eigenvalue weighted by molar-refractivity contribution is 9.10. The molecule has 4 aromatic heterocycles. The molecule has 18 nitrogen and oxygen atoms in total. The average Bonchev–Trinajstić information content (AvgIpc) is 1.45. The van der Waals surface area contributed by atoms with Gasteiger partial charge < -0.3 is 40.2 Å². The smallest absolute Gasteiger partial charge is 0.234 e. The topological polar surface area (TPSA) is 228 Å². The second-order valence-electron chi connectivity index (χ2n) is 29.9. The Labute approximate surface area is 624 Å². The zero-order chi connectivity index (χ0) is 73.4. The summed E-state index contributed by atoms with van der Waals surface area (Å²) in [5.41, 5.74) is 9.60. The fraction of sp³-hybridized carbons (Fsp3) is 0.429. The Hall–Kier alpha value is -8.84. The fourth-order valence-electron chi connectivity index (χ4n) is 17.4. The number of Topliss-reactive ketones (excluding diaryl/α,β-unsaturated/α-hetero) is 2. The van der Waals surface area contributed by atoms with E-state index in [1.54, 1.807) is 18.7 Å². The third-order valence-electron chi connectivity index (χ3n) is 23.5. The number of halogens is 1. The van der Waals surface area contributed by atoms with Crippen LogP contribution in [0.3, 0.4) is 0 Å². The number of fused-ring (bicyclic) bond motifs is 9. The van der Waals surface area contributed by atoms with Crippen molar-refractivity contribution in [2.75, 3.05) is 48.8 Å². The number of ketones is 3. The Kier molecular flexibility index (Phi) is 23.8. The van der Waals surface area contributed by atoms with Gasteiger partial charge in [-0.1, -0.05) is 133 Å². The number of nitrogens with zero attached hydrogens (tertiary/aromatic N) is 9. The van der Waals surface area contributed by atoms with E-state index in [0.717, 1.165) is 136 Å². The summed E-state index contributed by atoms with van der Waals surface area (Å²) in [6.45, 7) is 17.5. The van der Waals surface area contributed by atoms with E-state index in [2.05, 4.69) is 143 Å². The van der Waals surface area contributed by atoms with Gasteiger partial charge in [0, 0.05) is 103 Å². The predicted octanol–water partition coefficient (Wildman–Crippen LogP) is 15.5. The molecule has 4 aliphatic carbocycles. The number of carbonyl (C=O) groups excluding carboxylic acids is 4. The number of likely N-dealkylation sites (N-methyl/N-ethyl adjacent to an activating group) is 1. The lowest BCUT2D eigenvalue weighted by Crippen LogP contribution is -2.52. The number of allylic oxidation sites excluding steroid dienone is 1. The molecule has 0 spiro atoms. The Bertz CT molecular complexity index is 4700. The minimum Gasteiger partial charge on any atom is -0.392 e. The van der Waals surface area contributed by atoms with Crippen LogP contribution in [0.15, 0.2) is 150 Å². The van der Waals surface area contributed by atoms with Crippen molar-refractivity contribution in [3.8, 4) is 12.3 Å².